The summed E-state index contributed by atoms with van der Waals surface area (Å²) in [6, 6.07) is 12.5. The maximum absolute atomic E-state index is 12.5. The molecule has 0 radical (unpaired) electrons. The van der Waals surface area contributed by atoms with Gasteiger partial charge in [-0.1, -0.05) is 31.9 Å². The van der Waals surface area contributed by atoms with Crippen LogP contribution in [0.2, 0.25) is 0 Å². The van der Waals surface area contributed by atoms with Gasteiger partial charge in [0, 0.05) is 18.1 Å². The molecule has 3 aromatic rings. The number of phenols is 1. The van der Waals surface area contributed by atoms with Crippen LogP contribution in [0.4, 0.5) is 0 Å². The molecule has 0 saturated carbocycles. The standard InChI is InChI=1S/C24H28N2O4/c1-3-4-5-14-30-23-21(29-2)11-8-18-15-19(16-26-22(18)23)24(28)25-13-12-17-6-9-20(27)10-7-17/h6-11,15-16,27H,3-5,12-14H2,1-2H3,(H,25,28). The van der Waals surface area contributed by atoms with Gasteiger partial charge in [-0.05, 0) is 48.7 Å². The van der Waals surface area contributed by atoms with Crippen molar-refractivity contribution in [1.29, 1.82) is 0 Å². The van der Waals surface area contributed by atoms with Crippen molar-refractivity contribution in [3.05, 3.63) is 59.8 Å². The minimum Gasteiger partial charge on any atom is -0.508 e. The molecule has 0 fully saturated rings. The number of rotatable bonds is 10. The van der Waals surface area contributed by atoms with Gasteiger partial charge in [0.05, 0.1) is 19.3 Å². The highest BCUT2D eigenvalue weighted by molar-refractivity contribution is 5.98. The Labute approximate surface area is 176 Å². The van der Waals surface area contributed by atoms with Crippen molar-refractivity contribution in [3.63, 3.8) is 0 Å². The number of aromatic nitrogens is 1. The molecule has 0 saturated heterocycles. The summed E-state index contributed by atoms with van der Waals surface area (Å²) >= 11 is 0. The first-order valence-electron chi connectivity index (χ1n) is 10.3. The van der Waals surface area contributed by atoms with E-state index in [2.05, 4.69) is 17.2 Å². The van der Waals surface area contributed by atoms with Crippen molar-refractivity contribution in [2.24, 2.45) is 0 Å². The van der Waals surface area contributed by atoms with Crippen LogP contribution in [0, 0.1) is 0 Å². The van der Waals surface area contributed by atoms with Gasteiger partial charge in [-0.2, -0.15) is 0 Å². The number of pyridine rings is 1. The van der Waals surface area contributed by atoms with Crippen LogP contribution in [0.5, 0.6) is 17.2 Å². The van der Waals surface area contributed by atoms with Gasteiger partial charge in [-0.15, -0.1) is 0 Å². The van der Waals surface area contributed by atoms with E-state index in [0.717, 1.165) is 30.2 Å². The van der Waals surface area contributed by atoms with Crippen LogP contribution in [0.3, 0.4) is 0 Å². The highest BCUT2D eigenvalue weighted by Crippen LogP contribution is 2.34. The van der Waals surface area contributed by atoms with E-state index in [1.54, 1.807) is 25.4 Å². The minimum atomic E-state index is -0.176. The van der Waals surface area contributed by atoms with Gasteiger partial charge in [0.25, 0.3) is 5.91 Å². The predicted octanol–water partition coefficient (Wildman–Crippen LogP) is 4.49. The average Bonchev–Trinajstić information content (AvgIpc) is 2.77. The summed E-state index contributed by atoms with van der Waals surface area (Å²) in [5, 5.41) is 13.1. The average molecular weight is 408 g/mol. The van der Waals surface area contributed by atoms with E-state index < -0.39 is 0 Å². The summed E-state index contributed by atoms with van der Waals surface area (Å²) in [6.07, 6.45) is 5.45. The molecule has 1 amide bonds. The Bertz CT molecular complexity index is 986. The Morgan fingerprint density at radius 1 is 1.13 bits per heavy atom. The number of methoxy groups -OCH3 is 1. The first-order chi connectivity index (χ1) is 14.6. The molecular weight excluding hydrogens is 380 g/mol. The number of nitrogens with zero attached hydrogens (tertiary/aromatic N) is 1. The lowest BCUT2D eigenvalue weighted by Crippen LogP contribution is -2.25. The highest BCUT2D eigenvalue weighted by Gasteiger charge is 2.14. The second kappa shape index (κ2) is 10.5. The van der Waals surface area contributed by atoms with Crippen molar-refractivity contribution < 1.29 is 19.4 Å². The molecule has 0 unspecified atom stereocenters. The number of carbonyl (C=O) groups is 1. The zero-order chi connectivity index (χ0) is 21.3. The van der Waals surface area contributed by atoms with Crippen LogP contribution >= 0.6 is 0 Å². The number of unbranched alkanes of at least 4 members (excludes halogenated alkanes) is 2. The van der Waals surface area contributed by atoms with Crippen LogP contribution in [0.1, 0.15) is 42.1 Å². The zero-order valence-electron chi connectivity index (χ0n) is 17.5. The number of benzene rings is 2. The van der Waals surface area contributed by atoms with Gasteiger partial charge in [0.2, 0.25) is 0 Å². The third kappa shape index (κ3) is 5.41. The maximum Gasteiger partial charge on any atom is 0.252 e. The van der Waals surface area contributed by atoms with E-state index in [9.17, 15) is 9.90 Å². The number of nitrogens with one attached hydrogen (secondary N) is 1. The molecule has 0 aliphatic heterocycles. The van der Waals surface area contributed by atoms with Gasteiger partial charge in [0.15, 0.2) is 11.5 Å². The number of phenolic OH excluding ortho intramolecular Hbond substituents is 1. The van der Waals surface area contributed by atoms with Crippen LogP contribution in [-0.2, 0) is 6.42 Å². The molecule has 30 heavy (non-hydrogen) atoms. The van der Waals surface area contributed by atoms with Crippen molar-refractivity contribution >= 4 is 16.8 Å². The van der Waals surface area contributed by atoms with Crippen LogP contribution in [0.25, 0.3) is 10.9 Å². The summed E-state index contributed by atoms with van der Waals surface area (Å²) in [5.74, 6) is 1.31. The summed E-state index contributed by atoms with van der Waals surface area (Å²) in [6.45, 7) is 3.25. The Morgan fingerprint density at radius 3 is 2.67 bits per heavy atom. The van der Waals surface area contributed by atoms with Crippen molar-refractivity contribution in [1.82, 2.24) is 10.3 Å². The monoisotopic (exact) mass is 408 g/mol. The summed E-state index contributed by atoms with van der Waals surface area (Å²) in [7, 11) is 1.61. The Hall–Kier alpha value is -3.28. The molecule has 0 aliphatic carbocycles. The Morgan fingerprint density at radius 2 is 1.93 bits per heavy atom. The number of hydrogen-bond donors (Lipinski definition) is 2. The zero-order valence-corrected chi connectivity index (χ0v) is 17.5. The summed E-state index contributed by atoms with van der Waals surface area (Å²) < 4.78 is 11.4. The van der Waals surface area contributed by atoms with E-state index in [0.29, 0.717) is 42.2 Å². The number of ether oxygens (including phenoxy) is 2. The SMILES string of the molecule is CCCCCOc1c(OC)ccc2cc(C(=O)NCCc3ccc(O)cc3)cnc12. The molecule has 1 aromatic heterocycles. The van der Waals surface area contributed by atoms with Gasteiger partial charge in [-0.25, -0.2) is 0 Å². The fourth-order valence-electron chi connectivity index (χ4n) is 3.19. The third-order valence-electron chi connectivity index (χ3n) is 4.88. The van der Waals surface area contributed by atoms with E-state index >= 15 is 0 Å². The van der Waals surface area contributed by atoms with Crippen molar-refractivity contribution in [2.75, 3.05) is 20.3 Å². The fourth-order valence-corrected chi connectivity index (χ4v) is 3.19. The summed E-state index contributed by atoms with van der Waals surface area (Å²) in [4.78, 5) is 17.0. The second-order valence-electron chi connectivity index (χ2n) is 7.12. The first-order valence-corrected chi connectivity index (χ1v) is 10.3. The van der Waals surface area contributed by atoms with Crippen LogP contribution < -0.4 is 14.8 Å². The molecule has 2 aromatic carbocycles. The molecule has 158 valence electrons. The second-order valence-corrected chi connectivity index (χ2v) is 7.12. The molecule has 6 heteroatoms. The molecule has 2 N–H and O–H groups in total. The number of hydrogen-bond acceptors (Lipinski definition) is 5. The van der Waals surface area contributed by atoms with Gasteiger partial charge < -0.3 is 19.9 Å². The lowest BCUT2D eigenvalue weighted by molar-refractivity contribution is 0.0954. The van der Waals surface area contributed by atoms with Gasteiger partial charge >= 0.3 is 0 Å². The maximum atomic E-state index is 12.5. The number of fused-ring (bicyclic) bond motifs is 1. The molecule has 0 spiro atoms. The molecule has 1 heterocycles. The van der Waals surface area contributed by atoms with E-state index in [-0.39, 0.29) is 11.7 Å². The van der Waals surface area contributed by atoms with Gasteiger partial charge in [-0.3, -0.25) is 9.78 Å². The first kappa shape index (κ1) is 21.4. The molecule has 0 aliphatic rings. The lowest BCUT2D eigenvalue weighted by Gasteiger charge is -2.13. The summed E-state index contributed by atoms with van der Waals surface area (Å²) in [5.41, 5.74) is 2.23. The lowest BCUT2D eigenvalue weighted by atomic mass is 10.1. The van der Waals surface area contributed by atoms with E-state index in [4.69, 9.17) is 9.47 Å². The number of carbonyl (C=O) groups excluding carboxylic acids is 1. The van der Waals surface area contributed by atoms with Crippen LogP contribution in [0.15, 0.2) is 48.7 Å². The van der Waals surface area contributed by atoms with Crippen LogP contribution in [-0.4, -0.2) is 36.3 Å². The fraction of sp³-hybridized carbons (Fsp3) is 0.333. The van der Waals surface area contributed by atoms with Crippen molar-refractivity contribution in [2.45, 2.75) is 32.6 Å². The molecule has 6 nitrogen and oxygen atoms in total. The van der Waals surface area contributed by atoms with Crippen molar-refractivity contribution in [3.8, 4) is 17.2 Å². The highest BCUT2D eigenvalue weighted by atomic mass is 16.5. The molecule has 0 bridgehead atoms. The minimum absolute atomic E-state index is 0.176. The van der Waals surface area contributed by atoms with E-state index in [1.165, 1.54) is 0 Å². The Balaban J connectivity index is 1.69. The number of amides is 1. The topological polar surface area (TPSA) is 80.7 Å². The molecular formula is C24H28N2O4. The number of aromatic hydroxyl groups is 1. The largest absolute Gasteiger partial charge is 0.508 e. The molecule has 3 rings (SSSR count). The quantitative estimate of drug-likeness (QED) is 0.483. The Kier molecular flexibility index (Phi) is 7.49. The normalized spacial score (nSPS) is 10.7. The van der Waals surface area contributed by atoms with E-state index in [1.807, 2.05) is 30.3 Å². The van der Waals surface area contributed by atoms with Gasteiger partial charge in [0.1, 0.15) is 11.3 Å². The predicted molar refractivity (Wildman–Crippen MR) is 117 cm³/mol. The third-order valence-corrected chi connectivity index (χ3v) is 4.88. The molecule has 0 atom stereocenters. The smallest absolute Gasteiger partial charge is 0.252 e.